The Morgan fingerprint density at radius 3 is 2.60 bits per heavy atom. The van der Waals surface area contributed by atoms with Crippen LogP contribution in [-0.2, 0) is 25.5 Å². The van der Waals surface area contributed by atoms with Gasteiger partial charge < -0.3 is 9.47 Å². The molecule has 2 rings (SSSR count). The third kappa shape index (κ3) is 2.96. The standard InChI is InChI=1S/C14H15NO5/c1-19-13(17)11-9-12(16)15(11)14(18)20-8-7-10-5-3-2-4-6-10/h2-6,11H,7-9H2,1H3. The number of likely N-dealkylation sites (tertiary alicyclic amines) is 1. The molecule has 1 heterocycles. The van der Waals surface area contributed by atoms with E-state index < -0.39 is 24.0 Å². The van der Waals surface area contributed by atoms with Crippen LogP contribution in [0.15, 0.2) is 30.3 Å². The first-order chi connectivity index (χ1) is 9.63. The fourth-order valence-electron chi connectivity index (χ4n) is 1.94. The molecule has 1 atom stereocenters. The second-order valence-electron chi connectivity index (χ2n) is 4.36. The molecular formula is C14H15NO5. The lowest BCUT2D eigenvalue weighted by Crippen LogP contribution is -2.59. The summed E-state index contributed by atoms with van der Waals surface area (Å²) in [5, 5.41) is 0. The van der Waals surface area contributed by atoms with Gasteiger partial charge in [-0.05, 0) is 5.56 Å². The Bertz CT molecular complexity index is 514. The van der Waals surface area contributed by atoms with Crippen LogP contribution in [0.4, 0.5) is 4.79 Å². The predicted molar refractivity (Wildman–Crippen MR) is 68.8 cm³/mol. The van der Waals surface area contributed by atoms with Gasteiger partial charge in [-0.25, -0.2) is 14.5 Å². The average Bonchev–Trinajstić information content (AvgIpc) is 2.45. The number of nitrogens with zero attached hydrogens (tertiary/aromatic N) is 1. The molecular weight excluding hydrogens is 262 g/mol. The molecule has 1 aliphatic rings. The van der Waals surface area contributed by atoms with Crippen LogP contribution in [0.5, 0.6) is 0 Å². The number of rotatable bonds is 4. The topological polar surface area (TPSA) is 72.9 Å². The van der Waals surface area contributed by atoms with Crippen LogP contribution in [-0.4, -0.2) is 42.6 Å². The van der Waals surface area contributed by atoms with E-state index in [-0.39, 0.29) is 13.0 Å². The zero-order chi connectivity index (χ0) is 14.5. The molecule has 106 valence electrons. The zero-order valence-corrected chi connectivity index (χ0v) is 11.1. The first-order valence-corrected chi connectivity index (χ1v) is 6.24. The van der Waals surface area contributed by atoms with Crippen LogP contribution in [0.1, 0.15) is 12.0 Å². The molecule has 0 aromatic heterocycles. The summed E-state index contributed by atoms with van der Waals surface area (Å²) < 4.78 is 9.52. The molecule has 1 aromatic carbocycles. The number of methoxy groups -OCH3 is 1. The van der Waals surface area contributed by atoms with Crippen molar-refractivity contribution in [3.63, 3.8) is 0 Å². The van der Waals surface area contributed by atoms with Gasteiger partial charge in [0.05, 0.1) is 20.1 Å². The van der Waals surface area contributed by atoms with E-state index in [9.17, 15) is 14.4 Å². The van der Waals surface area contributed by atoms with E-state index in [4.69, 9.17) is 4.74 Å². The minimum Gasteiger partial charge on any atom is -0.467 e. The van der Waals surface area contributed by atoms with Crippen LogP contribution in [0.3, 0.4) is 0 Å². The highest BCUT2D eigenvalue weighted by Gasteiger charge is 2.47. The van der Waals surface area contributed by atoms with Crippen molar-refractivity contribution in [3.05, 3.63) is 35.9 Å². The SMILES string of the molecule is COC(=O)C1CC(=O)N1C(=O)OCCc1ccccc1. The van der Waals surface area contributed by atoms with Crippen molar-refractivity contribution in [1.29, 1.82) is 0 Å². The second-order valence-corrected chi connectivity index (χ2v) is 4.36. The summed E-state index contributed by atoms with van der Waals surface area (Å²) in [7, 11) is 1.21. The highest BCUT2D eigenvalue weighted by molar-refractivity contribution is 6.04. The number of β-lactam (4-membered cyclic amide) rings is 1. The van der Waals surface area contributed by atoms with Gasteiger partial charge in [0.1, 0.15) is 6.04 Å². The first kappa shape index (κ1) is 14.0. The van der Waals surface area contributed by atoms with Crippen molar-refractivity contribution < 1.29 is 23.9 Å². The van der Waals surface area contributed by atoms with Gasteiger partial charge in [0.25, 0.3) is 0 Å². The Morgan fingerprint density at radius 1 is 1.30 bits per heavy atom. The smallest absolute Gasteiger partial charge is 0.417 e. The van der Waals surface area contributed by atoms with Gasteiger partial charge in [-0.15, -0.1) is 0 Å². The minimum absolute atomic E-state index is 0.0134. The summed E-state index contributed by atoms with van der Waals surface area (Å²) in [6.45, 7) is 0.153. The lowest BCUT2D eigenvalue weighted by atomic mass is 10.0. The molecule has 0 aliphatic carbocycles. The normalized spacial score (nSPS) is 17.4. The van der Waals surface area contributed by atoms with Crippen LogP contribution in [0, 0.1) is 0 Å². The van der Waals surface area contributed by atoms with Crippen molar-refractivity contribution in [2.24, 2.45) is 0 Å². The van der Waals surface area contributed by atoms with E-state index in [1.54, 1.807) is 0 Å². The van der Waals surface area contributed by atoms with Crippen molar-refractivity contribution in [1.82, 2.24) is 4.90 Å². The van der Waals surface area contributed by atoms with Crippen molar-refractivity contribution in [2.45, 2.75) is 18.9 Å². The van der Waals surface area contributed by atoms with Gasteiger partial charge in [0.15, 0.2) is 0 Å². The molecule has 1 saturated heterocycles. The van der Waals surface area contributed by atoms with E-state index in [1.165, 1.54) is 7.11 Å². The third-order valence-corrected chi connectivity index (χ3v) is 3.08. The Labute approximate surface area is 116 Å². The first-order valence-electron chi connectivity index (χ1n) is 6.24. The van der Waals surface area contributed by atoms with Crippen LogP contribution < -0.4 is 0 Å². The van der Waals surface area contributed by atoms with Gasteiger partial charge in [0, 0.05) is 6.42 Å². The number of benzene rings is 1. The maximum absolute atomic E-state index is 11.7. The van der Waals surface area contributed by atoms with Crippen LogP contribution in [0.2, 0.25) is 0 Å². The summed E-state index contributed by atoms with van der Waals surface area (Å²) in [5.74, 6) is -1.03. The third-order valence-electron chi connectivity index (χ3n) is 3.08. The van der Waals surface area contributed by atoms with Gasteiger partial charge in [-0.1, -0.05) is 30.3 Å². The van der Waals surface area contributed by atoms with Crippen molar-refractivity contribution in [3.8, 4) is 0 Å². The van der Waals surface area contributed by atoms with Crippen molar-refractivity contribution in [2.75, 3.05) is 13.7 Å². The molecule has 1 aromatic rings. The highest BCUT2D eigenvalue weighted by atomic mass is 16.6. The number of hydrogen-bond acceptors (Lipinski definition) is 5. The summed E-state index contributed by atoms with van der Waals surface area (Å²) in [5.41, 5.74) is 1.03. The predicted octanol–water partition coefficient (Wildman–Crippen LogP) is 1.14. The quantitative estimate of drug-likeness (QED) is 0.609. The molecule has 0 spiro atoms. The van der Waals surface area contributed by atoms with Gasteiger partial charge in [-0.2, -0.15) is 0 Å². The van der Waals surface area contributed by atoms with E-state index in [2.05, 4.69) is 4.74 Å². The summed E-state index contributed by atoms with van der Waals surface area (Å²) >= 11 is 0. The number of carbonyl (C=O) groups is 3. The zero-order valence-electron chi connectivity index (χ0n) is 11.1. The molecule has 2 amide bonds. The number of amides is 2. The highest BCUT2D eigenvalue weighted by Crippen LogP contribution is 2.21. The summed E-state index contributed by atoms with van der Waals surface area (Å²) in [4.78, 5) is 35.2. The number of ether oxygens (including phenoxy) is 2. The number of hydrogen-bond donors (Lipinski definition) is 0. The molecule has 1 unspecified atom stereocenters. The maximum atomic E-state index is 11.7. The van der Waals surface area contributed by atoms with Gasteiger partial charge in [0.2, 0.25) is 5.91 Å². The lowest BCUT2D eigenvalue weighted by Gasteiger charge is -2.35. The van der Waals surface area contributed by atoms with Crippen molar-refractivity contribution >= 4 is 18.0 Å². The number of esters is 1. The Balaban J connectivity index is 1.82. The average molecular weight is 277 g/mol. The Morgan fingerprint density at radius 2 is 2.00 bits per heavy atom. The molecule has 0 radical (unpaired) electrons. The Kier molecular flexibility index (Phi) is 4.34. The fraction of sp³-hybridized carbons (Fsp3) is 0.357. The van der Waals surface area contributed by atoms with Gasteiger partial charge >= 0.3 is 12.1 Å². The van der Waals surface area contributed by atoms with Gasteiger partial charge in [-0.3, -0.25) is 4.79 Å². The van der Waals surface area contributed by atoms with E-state index in [0.29, 0.717) is 6.42 Å². The Hall–Kier alpha value is -2.37. The van der Waals surface area contributed by atoms with E-state index in [0.717, 1.165) is 10.5 Å². The largest absolute Gasteiger partial charge is 0.467 e. The molecule has 20 heavy (non-hydrogen) atoms. The summed E-state index contributed by atoms with van der Waals surface area (Å²) in [6.07, 6.45) is -0.259. The van der Waals surface area contributed by atoms with Crippen LogP contribution in [0.25, 0.3) is 0 Å². The summed E-state index contributed by atoms with van der Waals surface area (Å²) in [6, 6.07) is 8.67. The fourth-order valence-corrected chi connectivity index (χ4v) is 1.94. The van der Waals surface area contributed by atoms with Crippen LogP contribution >= 0.6 is 0 Å². The molecule has 6 heteroatoms. The lowest BCUT2D eigenvalue weighted by molar-refractivity contribution is -0.161. The monoisotopic (exact) mass is 277 g/mol. The second kappa shape index (κ2) is 6.18. The number of imide groups is 1. The number of carbonyl (C=O) groups excluding carboxylic acids is 3. The molecule has 0 bridgehead atoms. The molecule has 0 N–H and O–H groups in total. The molecule has 1 fully saturated rings. The van der Waals surface area contributed by atoms with E-state index >= 15 is 0 Å². The minimum atomic E-state index is -0.850. The maximum Gasteiger partial charge on any atom is 0.417 e. The van der Waals surface area contributed by atoms with E-state index in [1.807, 2.05) is 30.3 Å². The molecule has 6 nitrogen and oxygen atoms in total. The molecule has 1 aliphatic heterocycles. The molecule has 0 saturated carbocycles.